The first kappa shape index (κ1) is 13.1. The van der Waals surface area contributed by atoms with Gasteiger partial charge in [0.1, 0.15) is 5.82 Å². The molecular weight excluding hydrogens is 248 g/mol. The summed E-state index contributed by atoms with van der Waals surface area (Å²) in [6.07, 6.45) is 5.75. The number of amides is 1. The number of thioether (sulfide) groups is 1. The van der Waals surface area contributed by atoms with Gasteiger partial charge in [0.25, 0.3) is 5.91 Å². The summed E-state index contributed by atoms with van der Waals surface area (Å²) in [6.45, 7) is 0. The van der Waals surface area contributed by atoms with E-state index >= 15 is 0 Å². The normalized spacial score (nSPS) is 22.8. The summed E-state index contributed by atoms with van der Waals surface area (Å²) in [7, 11) is 1.58. The molecule has 0 aliphatic heterocycles. The van der Waals surface area contributed by atoms with Gasteiger partial charge >= 0.3 is 0 Å². The third-order valence-electron chi connectivity index (χ3n) is 3.19. The van der Waals surface area contributed by atoms with Gasteiger partial charge < -0.3 is 10.6 Å². The van der Waals surface area contributed by atoms with Crippen LogP contribution in [0.3, 0.4) is 0 Å². The van der Waals surface area contributed by atoms with Gasteiger partial charge in [0.15, 0.2) is 5.69 Å². The first-order valence-corrected chi connectivity index (χ1v) is 7.37. The van der Waals surface area contributed by atoms with Crippen molar-refractivity contribution in [2.75, 3.05) is 18.6 Å². The molecule has 1 aliphatic rings. The van der Waals surface area contributed by atoms with Crippen LogP contribution in [0.25, 0.3) is 0 Å². The van der Waals surface area contributed by atoms with Gasteiger partial charge in [0, 0.05) is 18.3 Å². The summed E-state index contributed by atoms with van der Waals surface area (Å²) in [5.41, 5.74) is 0.344. The van der Waals surface area contributed by atoms with Crippen LogP contribution >= 0.6 is 11.8 Å². The highest BCUT2D eigenvalue weighted by Crippen LogP contribution is 2.29. The summed E-state index contributed by atoms with van der Waals surface area (Å²) >= 11 is 1.93. The highest BCUT2D eigenvalue weighted by atomic mass is 32.2. The number of aromatic nitrogens is 2. The van der Waals surface area contributed by atoms with E-state index in [2.05, 4.69) is 27.1 Å². The molecule has 1 saturated carbocycles. The second kappa shape index (κ2) is 6.04. The molecule has 1 heterocycles. The topological polar surface area (TPSA) is 66.9 Å². The highest BCUT2D eigenvalue weighted by molar-refractivity contribution is 7.99. The molecule has 0 spiro atoms. The molecule has 2 rings (SSSR count). The molecule has 1 aromatic rings. The van der Waals surface area contributed by atoms with Gasteiger partial charge in [0.2, 0.25) is 0 Å². The van der Waals surface area contributed by atoms with Crippen LogP contribution in [0.2, 0.25) is 0 Å². The predicted molar refractivity (Wildman–Crippen MR) is 74.0 cm³/mol. The quantitative estimate of drug-likeness (QED) is 0.865. The fourth-order valence-electron chi connectivity index (χ4n) is 2.15. The lowest BCUT2D eigenvalue weighted by molar-refractivity contribution is 0.0957. The number of nitrogens with zero attached hydrogens (tertiary/aromatic N) is 2. The fraction of sp³-hybridized carbons (Fsp3) is 0.583. The van der Waals surface area contributed by atoms with Crippen LogP contribution in [0, 0.1) is 0 Å². The van der Waals surface area contributed by atoms with Crippen LogP contribution in [0.5, 0.6) is 0 Å². The fourth-order valence-corrected chi connectivity index (χ4v) is 2.95. The first-order valence-electron chi connectivity index (χ1n) is 6.08. The Morgan fingerprint density at radius 1 is 1.39 bits per heavy atom. The molecule has 1 amide bonds. The van der Waals surface area contributed by atoms with Crippen molar-refractivity contribution in [2.45, 2.75) is 30.6 Å². The van der Waals surface area contributed by atoms with E-state index in [-0.39, 0.29) is 5.91 Å². The Morgan fingerprint density at radius 3 is 2.78 bits per heavy atom. The Labute approximate surface area is 111 Å². The van der Waals surface area contributed by atoms with E-state index in [0.29, 0.717) is 11.7 Å². The number of hydrogen-bond donors (Lipinski definition) is 2. The van der Waals surface area contributed by atoms with Crippen LogP contribution < -0.4 is 10.6 Å². The zero-order valence-corrected chi connectivity index (χ0v) is 11.5. The maximum Gasteiger partial charge on any atom is 0.271 e. The van der Waals surface area contributed by atoms with Crippen molar-refractivity contribution in [1.29, 1.82) is 0 Å². The first-order chi connectivity index (χ1) is 8.72. The van der Waals surface area contributed by atoms with Crippen molar-refractivity contribution >= 4 is 23.5 Å². The minimum absolute atomic E-state index is 0.211. The van der Waals surface area contributed by atoms with E-state index in [1.165, 1.54) is 19.3 Å². The van der Waals surface area contributed by atoms with Crippen molar-refractivity contribution in [3.63, 3.8) is 0 Å². The smallest absolute Gasteiger partial charge is 0.271 e. The average Bonchev–Trinajstić information content (AvgIpc) is 2.86. The summed E-state index contributed by atoms with van der Waals surface area (Å²) in [4.78, 5) is 11.3. The van der Waals surface area contributed by atoms with Crippen LogP contribution in [0.15, 0.2) is 12.1 Å². The van der Waals surface area contributed by atoms with E-state index < -0.39 is 0 Å². The van der Waals surface area contributed by atoms with Gasteiger partial charge in [-0.3, -0.25) is 4.79 Å². The van der Waals surface area contributed by atoms with Gasteiger partial charge in [-0.15, -0.1) is 10.2 Å². The highest BCUT2D eigenvalue weighted by Gasteiger charge is 2.24. The lowest BCUT2D eigenvalue weighted by atomic mass is 10.2. The molecule has 98 valence electrons. The summed E-state index contributed by atoms with van der Waals surface area (Å²) in [6, 6.07) is 3.97. The molecule has 2 unspecified atom stereocenters. The van der Waals surface area contributed by atoms with E-state index in [1.807, 2.05) is 17.8 Å². The second-order valence-electron chi connectivity index (χ2n) is 4.39. The van der Waals surface area contributed by atoms with Gasteiger partial charge in [-0.25, -0.2) is 0 Å². The molecule has 18 heavy (non-hydrogen) atoms. The number of anilines is 1. The van der Waals surface area contributed by atoms with Crippen molar-refractivity contribution in [3.05, 3.63) is 17.8 Å². The molecule has 1 aromatic heterocycles. The van der Waals surface area contributed by atoms with Crippen LogP contribution in [-0.2, 0) is 0 Å². The average molecular weight is 266 g/mol. The Bertz CT molecular complexity index is 409. The van der Waals surface area contributed by atoms with Gasteiger partial charge in [-0.2, -0.15) is 11.8 Å². The third-order valence-corrected chi connectivity index (χ3v) is 4.29. The third kappa shape index (κ3) is 3.13. The van der Waals surface area contributed by atoms with Gasteiger partial charge in [0.05, 0.1) is 0 Å². The summed E-state index contributed by atoms with van der Waals surface area (Å²) in [5, 5.41) is 14.6. The van der Waals surface area contributed by atoms with Crippen LogP contribution in [-0.4, -0.2) is 40.7 Å². The second-order valence-corrected chi connectivity index (χ2v) is 5.53. The minimum Gasteiger partial charge on any atom is -0.366 e. The molecule has 2 atom stereocenters. The predicted octanol–water partition coefficient (Wildman–Crippen LogP) is 1.53. The largest absolute Gasteiger partial charge is 0.366 e. The number of carbonyl (C=O) groups excluding carboxylic acids is 1. The van der Waals surface area contributed by atoms with Crippen LogP contribution in [0.1, 0.15) is 29.8 Å². The lowest BCUT2D eigenvalue weighted by Gasteiger charge is -2.12. The number of hydrogen-bond acceptors (Lipinski definition) is 5. The monoisotopic (exact) mass is 266 g/mol. The van der Waals surface area contributed by atoms with E-state index in [1.54, 1.807) is 13.1 Å². The number of nitrogens with one attached hydrogen (secondary N) is 2. The molecule has 1 fully saturated rings. The number of carbonyl (C=O) groups is 1. The molecule has 0 radical (unpaired) electrons. The Balaban J connectivity index is 1.92. The summed E-state index contributed by atoms with van der Waals surface area (Å²) < 4.78 is 0. The maximum absolute atomic E-state index is 11.3. The molecule has 5 nitrogen and oxygen atoms in total. The molecule has 0 bridgehead atoms. The summed E-state index contributed by atoms with van der Waals surface area (Å²) in [5.74, 6) is 0.534. The Morgan fingerprint density at radius 2 is 2.22 bits per heavy atom. The zero-order chi connectivity index (χ0) is 13.0. The maximum atomic E-state index is 11.3. The van der Waals surface area contributed by atoms with Gasteiger partial charge in [-0.05, 0) is 37.7 Å². The van der Waals surface area contributed by atoms with Crippen molar-refractivity contribution < 1.29 is 4.79 Å². The molecular formula is C12H18N4OS. The molecule has 1 aliphatic carbocycles. The molecule has 6 heteroatoms. The standard InChI is InChI=1S/C12H18N4OS/c1-13-12(17)10-5-6-11(16-15-10)14-8-3-4-9(7-8)18-2/h5-6,8-9H,3-4,7H2,1-2H3,(H,13,17)(H,14,16). The van der Waals surface area contributed by atoms with Gasteiger partial charge in [-0.1, -0.05) is 0 Å². The van der Waals surface area contributed by atoms with Crippen molar-refractivity contribution in [1.82, 2.24) is 15.5 Å². The zero-order valence-electron chi connectivity index (χ0n) is 10.6. The Hall–Kier alpha value is -1.30. The minimum atomic E-state index is -0.211. The molecule has 0 saturated heterocycles. The molecule has 0 aromatic carbocycles. The van der Waals surface area contributed by atoms with E-state index in [0.717, 1.165) is 11.1 Å². The van der Waals surface area contributed by atoms with E-state index in [4.69, 9.17) is 0 Å². The lowest BCUT2D eigenvalue weighted by Crippen LogP contribution is -2.21. The number of rotatable bonds is 4. The van der Waals surface area contributed by atoms with E-state index in [9.17, 15) is 4.79 Å². The van der Waals surface area contributed by atoms with Crippen molar-refractivity contribution in [3.8, 4) is 0 Å². The molecule has 2 N–H and O–H groups in total. The van der Waals surface area contributed by atoms with Crippen molar-refractivity contribution in [2.24, 2.45) is 0 Å². The SMILES string of the molecule is CNC(=O)c1ccc(NC2CCC(SC)C2)nn1. The Kier molecular flexibility index (Phi) is 4.41. The van der Waals surface area contributed by atoms with Crippen LogP contribution in [0.4, 0.5) is 5.82 Å².